The Morgan fingerprint density at radius 1 is 1.23 bits per heavy atom. The predicted octanol–water partition coefficient (Wildman–Crippen LogP) is 3.56. The molecule has 0 aliphatic carbocycles. The van der Waals surface area contributed by atoms with Crippen LogP contribution in [0.4, 0.5) is 13.2 Å². The summed E-state index contributed by atoms with van der Waals surface area (Å²) in [5.74, 6) is -1.61. The molecule has 8 heteroatoms. The number of pyridine rings is 1. The molecule has 2 aromatic heterocycles. The van der Waals surface area contributed by atoms with Gasteiger partial charge in [0.1, 0.15) is 0 Å². The number of rotatable bonds is 7. The average molecular weight is 364 g/mol. The van der Waals surface area contributed by atoms with Gasteiger partial charge in [-0.15, -0.1) is 0 Å². The van der Waals surface area contributed by atoms with Crippen molar-refractivity contribution in [1.82, 2.24) is 19.9 Å². The van der Waals surface area contributed by atoms with E-state index in [-0.39, 0.29) is 0 Å². The third kappa shape index (κ3) is 3.80. The van der Waals surface area contributed by atoms with Crippen LogP contribution in [0.2, 0.25) is 0 Å². The molecule has 138 valence electrons. The number of benzene rings is 1. The van der Waals surface area contributed by atoms with Crippen molar-refractivity contribution in [2.75, 3.05) is 0 Å². The lowest BCUT2D eigenvalue weighted by atomic mass is 10.0. The molecule has 0 aliphatic rings. The van der Waals surface area contributed by atoms with Crippen molar-refractivity contribution in [3.63, 3.8) is 0 Å². The van der Waals surface area contributed by atoms with Crippen molar-refractivity contribution in [3.8, 4) is 5.88 Å². The van der Waals surface area contributed by atoms with Crippen LogP contribution in [-0.4, -0.2) is 21.1 Å². The summed E-state index contributed by atoms with van der Waals surface area (Å²) >= 11 is 0. The minimum atomic E-state index is -3.10. The first kappa shape index (κ1) is 18.2. The van der Waals surface area contributed by atoms with Crippen LogP contribution in [0.1, 0.15) is 23.6 Å². The molecular formula is C18H19F3N4O. The summed E-state index contributed by atoms with van der Waals surface area (Å²) in [6.07, 6.45) is 3.97. The van der Waals surface area contributed by atoms with Crippen molar-refractivity contribution in [1.29, 1.82) is 0 Å². The zero-order valence-electron chi connectivity index (χ0n) is 14.5. The van der Waals surface area contributed by atoms with E-state index in [2.05, 4.69) is 33.0 Å². The van der Waals surface area contributed by atoms with Gasteiger partial charge in [0.05, 0.1) is 17.4 Å². The maximum absolute atomic E-state index is 13.7. The predicted molar refractivity (Wildman–Crippen MR) is 91.5 cm³/mol. The molecule has 0 saturated heterocycles. The first-order valence-electron chi connectivity index (χ1n) is 8.21. The molecule has 0 fully saturated rings. The Labute approximate surface area is 148 Å². The number of aryl methyl sites for hydroxylation is 2. The fraction of sp³-hybridized carbons (Fsp3) is 0.333. The van der Waals surface area contributed by atoms with Gasteiger partial charge in [0.15, 0.2) is 5.82 Å². The molecule has 0 aliphatic heterocycles. The normalized spacial score (nSPS) is 11.5. The lowest BCUT2D eigenvalue weighted by molar-refractivity contribution is -0.0553. The quantitative estimate of drug-likeness (QED) is 0.697. The molecule has 2 heterocycles. The molecule has 0 amide bonds. The highest BCUT2D eigenvalue weighted by Gasteiger charge is 2.13. The number of fused-ring (bicyclic) bond motifs is 1. The van der Waals surface area contributed by atoms with Crippen molar-refractivity contribution < 1.29 is 17.9 Å². The molecule has 0 saturated carbocycles. The van der Waals surface area contributed by atoms with Crippen LogP contribution in [0.25, 0.3) is 11.0 Å². The van der Waals surface area contributed by atoms with Gasteiger partial charge in [-0.25, -0.2) is 14.4 Å². The van der Waals surface area contributed by atoms with Gasteiger partial charge in [0.2, 0.25) is 0 Å². The lowest BCUT2D eigenvalue weighted by Gasteiger charge is -2.12. The van der Waals surface area contributed by atoms with Crippen LogP contribution in [0.15, 0.2) is 30.7 Å². The monoisotopic (exact) mass is 364 g/mol. The van der Waals surface area contributed by atoms with Gasteiger partial charge in [-0.05, 0) is 35.2 Å². The maximum Gasteiger partial charge on any atom is 0.388 e. The summed E-state index contributed by atoms with van der Waals surface area (Å²) in [7, 11) is 1.94. The standard InChI is InChI=1S/C18H19F3N4O/c1-3-12-4-5-15-16(25(2)10-24-15)13(12)9-22-7-11-6-14(19)17(23-8-11)26-18(20)21/h4-6,8,10,18,22H,3,7,9H2,1-2H3. The van der Waals surface area contributed by atoms with Gasteiger partial charge < -0.3 is 14.6 Å². The first-order chi connectivity index (χ1) is 12.5. The third-order valence-corrected chi connectivity index (χ3v) is 4.16. The Hall–Kier alpha value is -2.61. The molecule has 0 radical (unpaired) electrons. The zero-order valence-corrected chi connectivity index (χ0v) is 14.5. The molecule has 1 N–H and O–H groups in total. The van der Waals surface area contributed by atoms with E-state index in [0.717, 1.165) is 29.1 Å². The molecule has 0 bridgehead atoms. The zero-order chi connectivity index (χ0) is 18.7. The van der Waals surface area contributed by atoms with Gasteiger partial charge in [0.25, 0.3) is 5.88 Å². The molecule has 26 heavy (non-hydrogen) atoms. The van der Waals surface area contributed by atoms with Crippen molar-refractivity contribution >= 4 is 11.0 Å². The summed E-state index contributed by atoms with van der Waals surface area (Å²) in [5, 5.41) is 3.25. The number of nitrogens with zero attached hydrogens (tertiary/aromatic N) is 3. The molecule has 0 unspecified atom stereocenters. The molecule has 5 nitrogen and oxygen atoms in total. The molecular weight excluding hydrogens is 345 g/mol. The minimum Gasteiger partial charge on any atom is -0.414 e. The van der Waals surface area contributed by atoms with Gasteiger partial charge in [-0.1, -0.05) is 13.0 Å². The summed E-state index contributed by atoms with van der Waals surface area (Å²) in [6.45, 7) is -0.109. The number of alkyl halides is 2. The number of ether oxygens (including phenoxy) is 1. The van der Waals surface area contributed by atoms with E-state index in [4.69, 9.17) is 0 Å². The summed E-state index contributed by atoms with van der Waals surface area (Å²) in [5.41, 5.74) is 4.86. The van der Waals surface area contributed by atoms with Gasteiger partial charge in [-0.2, -0.15) is 8.78 Å². The highest BCUT2D eigenvalue weighted by Crippen LogP contribution is 2.22. The number of hydrogen-bond donors (Lipinski definition) is 1. The molecule has 3 aromatic rings. The maximum atomic E-state index is 13.7. The highest BCUT2D eigenvalue weighted by atomic mass is 19.3. The van der Waals surface area contributed by atoms with Crippen LogP contribution in [-0.2, 0) is 26.6 Å². The Morgan fingerprint density at radius 2 is 2.04 bits per heavy atom. The molecule has 3 rings (SSSR count). The first-order valence-corrected chi connectivity index (χ1v) is 8.21. The topological polar surface area (TPSA) is 52.0 Å². The van der Waals surface area contributed by atoms with Crippen LogP contribution in [0.3, 0.4) is 0 Å². The minimum absolute atomic E-state index is 0.344. The SMILES string of the molecule is CCc1ccc2ncn(C)c2c1CNCc1cnc(OC(F)F)c(F)c1. The van der Waals surface area contributed by atoms with E-state index < -0.39 is 18.3 Å². The molecule has 1 aromatic carbocycles. The van der Waals surface area contributed by atoms with Crippen LogP contribution in [0, 0.1) is 5.82 Å². The van der Waals surface area contributed by atoms with Gasteiger partial charge in [-0.3, -0.25) is 0 Å². The average Bonchev–Trinajstić information content (AvgIpc) is 2.98. The second-order valence-corrected chi connectivity index (χ2v) is 5.89. The number of halogens is 3. The molecule has 0 spiro atoms. The summed E-state index contributed by atoms with van der Waals surface area (Å²) in [4.78, 5) is 7.97. The van der Waals surface area contributed by atoms with E-state index in [1.807, 2.05) is 17.7 Å². The Kier molecular flexibility index (Phi) is 5.41. The number of nitrogens with one attached hydrogen (secondary N) is 1. The van der Waals surface area contributed by atoms with Gasteiger partial charge >= 0.3 is 6.61 Å². The van der Waals surface area contributed by atoms with Crippen molar-refractivity contribution in [2.45, 2.75) is 33.0 Å². The lowest BCUT2D eigenvalue weighted by Crippen LogP contribution is -2.15. The van der Waals surface area contributed by atoms with E-state index in [9.17, 15) is 13.2 Å². The largest absolute Gasteiger partial charge is 0.414 e. The number of imidazole rings is 1. The van der Waals surface area contributed by atoms with E-state index in [0.29, 0.717) is 18.7 Å². The summed E-state index contributed by atoms with van der Waals surface area (Å²) in [6, 6.07) is 5.20. The molecule has 0 atom stereocenters. The number of hydrogen-bond acceptors (Lipinski definition) is 4. The van der Waals surface area contributed by atoms with E-state index in [1.165, 1.54) is 11.8 Å². The van der Waals surface area contributed by atoms with Crippen LogP contribution in [0.5, 0.6) is 5.88 Å². The summed E-state index contributed by atoms with van der Waals surface area (Å²) < 4.78 is 44.0. The van der Waals surface area contributed by atoms with Crippen molar-refractivity contribution in [3.05, 3.63) is 53.2 Å². The Morgan fingerprint density at radius 3 is 2.73 bits per heavy atom. The fourth-order valence-corrected chi connectivity index (χ4v) is 2.96. The van der Waals surface area contributed by atoms with E-state index in [1.54, 1.807) is 6.33 Å². The van der Waals surface area contributed by atoms with Crippen LogP contribution >= 0.6 is 0 Å². The fourth-order valence-electron chi connectivity index (χ4n) is 2.96. The van der Waals surface area contributed by atoms with Gasteiger partial charge in [0, 0.05) is 26.3 Å². The second kappa shape index (κ2) is 7.74. The van der Waals surface area contributed by atoms with E-state index >= 15 is 0 Å². The van der Waals surface area contributed by atoms with Crippen molar-refractivity contribution in [2.24, 2.45) is 7.05 Å². The Balaban J connectivity index is 1.73. The number of aromatic nitrogens is 3. The second-order valence-electron chi connectivity index (χ2n) is 5.89. The van der Waals surface area contributed by atoms with Crippen LogP contribution < -0.4 is 10.1 Å². The highest BCUT2D eigenvalue weighted by molar-refractivity contribution is 5.80. The third-order valence-electron chi connectivity index (χ3n) is 4.16. The smallest absolute Gasteiger partial charge is 0.388 e. The Bertz CT molecular complexity index is 911.